The van der Waals surface area contributed by atoms with Crippen molar-refractivity contribution in [3.8, 4) is 11.4 Å². The highest BCUT2D eigenvalue weighted by atomic mass is 35.5. The molecule has 33 heavy (non-hydrogen) atoms. The molecule has 1 aromatic heterocycles. The molecule has 8 nitrogen and oxygen atoms in total. The molecule has 0 radical (unpaired) electrons. The minimum absolute atomic E-state index is 0.00791. The Bertz CT molecular complexity index is 1120. The Kier molecular flexibility index (Phi) is 7.58. The second-order valence-corrected chi connectivity index (χ2v) is 8.74. The lowest BCUT2D eigenvalue weighted by Gasteiger charge is -2.15. The summed E-state index contributed by atoms with van der Waals surface area (Å²) in [6, 6.07) is 12.3. The number of thioether (sulfide) groups is 1. The number of benzene rings is 2. The number of carbonyl (C=O) groups excluding carboxylic acids is 2. The topological polar surface area (TPSA) is 98.1 Å². The van der Waals surface area contributed by atoms with Crippen molar-refractivity contribution in [1.82, 2.24) is 25.6 Å². The summed E-state index contributed by atoms with van der Waals surface area (Å²) in [5, 5.41) is 9.77. The molecule has 2 amide bonds. The summed E-state index contributed by atoms with van der Waals surface area (Å²) in [4.78, 5) is 24.3. The van der Waals surface area contributed by atoms with Gasteiger partial charge in [-0.1, -0.05) is 23.4 Å². The fourth-order valence-electron chi connectivity index (χ4n) is 3.33. The number of rotatable bonds is 7. The second-order valence-electron chi connectivity index (χ2n) is 7.36. The number of ether oxygens (including phenoxy) is 1. The van der Waals surface area contributed by atoms with Gasteiger partial charge in [0, 0.05) is 22.8 Å². The Hall–Kier alpha value is -2.95. The highest BCUT2D eigenvalue weighted by Crippen LogP contribution is 2.27. The number of aromatic nitrogens is 3. The van der Waals surface area contributed by atoms with E-state index in [9.17, 15) is 14.0 Å². The molecule has 4 rings (SSSR count). The van der Waals surface area contributed by atoms with Crippen LogP contribution in [0.25, 0.3) is 11.4 Å². The zero-order valence-electron chi connectivity index (χ0n) is 17.5. The largest absolute Gasteiger partial charge is 0.376 e. The molecule has 3 aromatic rings. The van der Waals surface area contributed by atoms with Gasteiger partial charge in [-0.2, -0.15) is 0 Å². The van der Waals surface area contributed by atoms with Gasteiger partial charge in [-0.05, 0) is 61.4 Å². The van der Waals surface area contributed by atoms with Gasteiger partial charge in [-0.15, -0.1) is 10.2 Å². The predicted octanol–water partition coefficient (Wildman–Crippen LogP) is 3.47. The average molecular weight is 490 g/mol. The van der Waals surface area contributed by atoms with Crippen molar-refractivity contribution in [1.29, 1.82) is 0 Å². The summed E-state index contributed by atoms with van der Waals surface area (Å²) < 4.78 is 20.7. The van der Waals surface area contributed by atoms with Crippen LogP contribution < -0.4 is 10.9 Å². The van der Waals surface area contributed by atoms with Gasteiger partial charge >= 0.3 is 0 Å². The van der Waals surface area contributed by atoms with Crippen molar-refractivity contribution in [3.05, 3.63) is 64.9 Å². The number of hydrogen-bond acceptors (Lipinski definition) is 6. The normalized spacial score (nSPS) is 15.4. The van der Waals surface area contributed by atoms with Crippen molar-refractivity contribution in [3.63, 3.8) is 0 Å². The number of amides is 2. The van der Waals surface area contributed by atoms with Crippen LogP contribution in [0.2, 0.25) is 5.02 Å². The van der Waals surface area contributed by atoms with Crippen LogP contribution in [0.5, 0.6) is 0 Å². The molecule has 1 atom stereocenters. The van der Waals surface area contributed by atoms with E-state index in [1.807, 2.05) is 16.7 Å². The van der Waals surface area contributed by atoms with Gasteiger partial charge in [0.2, 0.25) is 5.91 Å². The van der Waals surface area contributed by atoms with Crippen molar-refractivity contribution >= 4 is 35.2 Å². The third-order valence-corrected chi connectivity index (χ3v) is 6.20. The van der Waals surface area contributed by atoms with Gasteiger partial charge in [-0.3, -0.25) is 25.0 Å². The standard InChI is InChI=1S/C22H21ClFN5O3S/c23-16-7-3-14(4-8-16)20-26-28-22(29(20)12-18-2-1-11-32-18)33-13-19(30)25-27-21(31)15-5-9-17(24)10-6-15/h3-10,18H,1-2,11-13H2,(H,25,30)(H,27,31)/t18-/m0/s1. The molecule has 2 aromatic carbocycles. The van der Waals surface area contributed by atoms with Crippen LogP contribution >= 0.6 is 23.4 Å². The molecule has 11 heteroatoms. The van der Waals surface area contributed by atoms with Crippen molar-refractivity contribution in [2.45, 2.75) is 30.6 Å². The Morgan fingerprint density at radius 3 is 2.58 bits per heavy atom. The van der Waals surface area contributed by atoms with Gasteiger partial charge in [-0.25, -0.2) is 4.39 Å². The number of nitrogens with one attached hydrogen (secondary N) is 2. The van der Waals surface area contributed by atoms with E-state index in [1.54, 1.807) is 12.1 Å². The van der Waals surface area contributed by atoms with Crippen molar-refractivity contribution in [2.75, 3.05) is 12.4 Å². The maximum atomic E-state index is 13.0. The zero-order chi connectivity index (χ0) is 23.2. The first-order valence-corrected chi connectivity index (χ1v) is 11.6. The van der Waals surface area contributed by atoms with Gasteiger partial charge in [0.15, 0.2) is 11.0 Å². The third-order valence-electron chi connectivity index (χ3n) is 4.98. The van der Waals surface area contributed by atoms with Crippen molar-refractivity contribution < 1.29 is 18.7 Å². The molecular formula is C22H21ClFN5O3S. The Morgan fingerprint density at radius 1 is 1.12 bits per heavy atom. The maximum absolute atomic E-state index is 13.0. The number of nitrogens with zero attached hydrogens (tertiary/aromatic N) is 3. The molecule has 0 saturated carbocycles. The average Bonchev–Trinajstić information content (AvgIpc) is 3.47. The van der Waals surface area contributed by atoms with E-state index in [4.69, 9.17) is 16.3 Å². The highest BCUT2D eigenvalue weighted by molar-refractivity contribution is 7.99. The van der Waals surface area contributed by atoms with Crippen molar-refractivity contribution in [2.24, 2.45) is 0 Å². The molecular weight excluding hydrogens is 469 g/mol. The zero-order valence-corrected chi connectivity index (χ0v) is 19.0. The first-order chi connectivity index (χ1) is 16.0. The van der Waals surface area contributed by atoms with Crippen LogP contribution in [-0.4, -0.2) is 45.0 Å². The molecule has 0 spiro atoms. The fraction of sp³-hybridized carbons (Fsp3) is 0.273. The van der Waals surface area contributed by atoms with E-state index < -0.39 is 17.6 Å². The van der Waals surface area contributed by atoms with Crippen LogP contribution in [-0.2, 0) is 16.1 Å². The maximum Gasteiger partial charge on any atom is 0.269 e. The van der Waals surface area contributed by atoms with Gasteiger partial charge < -0.3 is 4.74 Å². The van der Waals surface area contributed by atoms with E-state index >= 15 is 0 Å². The van der Waals surface area contributed by atoms with E-state index in [1.165, 1.54) is 36.0 Å². The molecule has 0 unspecified atom stereocenters. The Morgan fingerprint density at radius 2 is 1.88 bits per heavy atom. The molecule has 172 valence electrons. The molecule has 2 N–H and O–H groups in total. The number of halogens is 2. The number of carbonyl (C=O) groups is 2. The van der Waals surface area contributed by atoms with Crippen LogP contribution in [0.3, 0.4) is 0 Å². The lowest BCUT2D eigenvalue weighted by molar-refractivity contribution is -0.119. The second kappa shape index (κ2) is 10.8. The minimum Gasteiger partial charge on any atom is -0.376 e. The minimum atomic E-state index is -0.542. The summed E-state index contributed by atoms with van der Waals surface area (Å²) in [7, 11) is 0. The summed E-state index contributed by atoms with van der Waals surface area (Å²) in [5.41, 5.74) is 5.75. The summed E-state index contributed by atoms with van der Waals surface area (Å²) in [6.07, 6.45) is 2.00. The van der Waals surface area contributed by atoms with E-state index in [-0.39, 0.29) is 17.4 Å². The summed E-state index contributed by atoms with van der Waals surface area (Å²) in [5.74, 6) is -0.740. The SMILES string of the molecule is O=C(CSc1nnc(-c2ccc(Cl)cc2)n1C[C@@H]1CCCO1)NNC(=O)c1ccc(F)cc1. The predicted molar refractivity (Wildman–Crippen MR) is 122 cm³/mol. The smallest absolute Gasteiger partial charge is 0.269 e. The van der Waals surface area contributed by atoms with E-state index in [0.717, 1.165) is 25.0 Å². The van der Waals surface area contributed by atoms with Crippen LogP contribution in [0.15, 0.2) is 53.7 Å². The summed E-state index contributed by atoms with van der Waals surface area (Å²) >= 11 is 7.21. The molecule has 0 aliphatic carbocycles. The molecule has 1 fully saturated rings. The van der Waals surface area contributed by atoms with Crippen LogP contribution in [0, 0.1) is 5.82 Å². The lowest BCUT2D eigenvalue weighted by atomic mass is 10.2. The molecule has 0 bridgehead atoms. The molecule has 1 aliphatic rings. The fourth-order valence-corrected chi connectivity index (χ4v) is 4.20. The summed E-state index contributed by atoms with van der Waals surface area (Å²) in [6.45, 7) is 1.29. The third kappa shape index (κ3) is 6.10. The molecule has 1 saturated heterocycles. The monoisotopic (exact) mass is 489 g/mol. The number of hydrazine groups is 1. The van der Waals surface area contributed by atoms with Gasteiger partial charge in [0.25, 0.3) is 5.91 Å². The lowest BCUT2D eigenvalue weighted by Crippen LogP contribution is -2.42. The van der Waals surface area contributed by atoms with Crippen LogP contribution in [0.1, 0.15) is 23.2 Å². The molecule has 1 aliphatic heterocycles. The number of hydrogen-bond donors (Lipinski definition) is 2. The Balaban J connectivity index is 1.40. The van der Waals surface area contributed by atoms with E-state index in [0.29, 0.717) is 22.5 Å². The van der Waals surface area contributed by atoms with Gasteiger partial charge in [0.05, 0.1) is 18.4 Å². The molecule has 2 heterocycles. The quantitative estimate of drug-likeness (QED) is 0.389. The Labute approximate surface area is 198 Å². The highest BCUT2D eigenvalue weighted by Gasteiger charge is 2.22. The van der Waals surface area contributed by atoms with Gasteiger partial charge in [0.1, 0.15) is 5.82 Å². The van der Waals surface area contributed by atoms with E-state index in [2.05, 4.69) is 21.0 Å². The van der Waals surface area contributed by atoms with Crippen LogP contribution in [0.4, 0.5) is 4.39 Å². The first-order valence-electron chi connectivity index (χ1n) is 10.3. The first kappa shape index (κ1) is 23.2.